The Bertz CT molecular complexity index is 1500. The summed E-state index contributed by atoms with van der Waals surface area (Å²) in [4.78, 5) is 25.4. The predicted molar refractivity (Wildman–Crippen MR) is 302 cm³/mol. The molecule has 0 aliphatic rings. The van der Waals surface area contributed by atoms with Crippen molar-refractivity contribution >= 4 is 13.7 Å². The van der Waals surface area contributed by atoms with Crippen molar-refractivity contribution in [3.8, 4) is 0 Å². The first-order chi connectivity index (χ1) is 34.0. The van der Waals surface area contributed by atoms with Gasteiger partial charge in [0.25, 0.3) is 7.82 Å². The van der Waals surface area contributed by atoms with Crippen LogP contribution in [0, 0.1) is 0 Å². The van der Waals surface area contributed by atoms with E-state index in [4.69, 9.17) is 9.05 Å². The number of rotatable bonds is 50. The summed E-state index contributed by atoms with van der Waals surface area (Å²) in [7, 11) is 1.17. The molecule has 3 atom stereocenters. The molecule has 0 spiro atoms. The van der Waals surface area contributed by atoms with Crippen LogP contribution in [0.15, 0.2) is 109 Å². The fourth-order valence-corrected chi connectivity index (χ4v) is 8.28. The number of aliphatic hydroxyl groups is 1. The molecule has 402 valence electrons. The van der Waals surface area contributed by atoms with Gasteiger partial charge < -0.3 is 28.8 Å². The number of hydrogen-bond acceptors (Lipinski definition) is 6. The second-order valence-electron chi connectivity index (χ2n) is 19.9. The fourth-order valence-electron chi connectivity index (χ4n) is 7.56. The predicted octanol–water partition coefficient (Wildman–Crippen LogP) is 16.6. The van der Waals surface area contributed by atoms with E-state index in [-0.39, 0.29) is 18.9 Å². The average Bonchev–Trinajstić information content (AvgIpc) is 3.32. The summed E-state index contributed by atoms with van der Waals surface area (Å²) in [6.45, 7) is 4.44. The Kier molecular flexibility index (Phi) is 49.0. The van der Waals surface area contributed by atoms with Crippen molar-refractivity contribution in [1.29, 1.82) is 0 Å². The first-order valence-corrected chi connectivity index (χ1v) is 29.7. The van der Waals surface area contributed by atoms with Crippen LogP contribution in [0.5, 0.6) is 0 Å². The zero-order valence-corrected chi connectivity index (χ0v) is 46.6. The third-order valence-corrected chi connectivity index (χ3v) is 12.9. The lowest BCUT2D eigenvalue weighted by Crippen LogP contribution is -2.45. The minimum atomic E-state index is -4.64. The van der Waals surface area contributed by atoms with E-state index in [9.17, 15) is 19.4 Å². The lowest BCUT2D eigenvalue weighted by Gasteiger charge is -2.29. The van der Waals surface area contributed by atoms with Crippen LogP contribution in [-0.2, 0) is 18.4 Å². The summed E-state index contributed by atoms with van der Waals surface area (Å²) in [5.41, 5.74) is 0. The molecule has 0 aliphatic heterocycles. The second-order valence-corrected chi connectivity index (χ2v) is 21.3. The Hall–Kier alpha value is -2.84. The monoisotopic (exact) mass is 995 g/mol. The quantitative estimate of drug-likeness (QED) is 0.0272. The SMILES string of the molecule is CC/C=C\C/C=C\C/C=C\C/C=C\C/C=C\C/C=C\CCC(=O)NC(COP(=O)([O-])OCC[N+](C)(C)C)C(O)/C=C/CC/C=C/CC/C=C/CCCCCCCCCCCCCCCCCCCCC. The lowest BCUT2D eigenvalue weighted by molar-refractivity contribution is -0.870. The van der Waals surface area contributed by atoms with Crippen molar-refractivity contribution in [3.05, 3.63) is 109 Å². The normalized spacial score (nSPS) is 14.8. The number of likely N-dealkylation sites (N-methyl/N-ethyl adjacent to an activating group) is 1. The Labute approximate surface area is 431 Å². The molecule has 9 heteroatoms. The number of phosphoric ester groups is 1. The number of unbranched alkanes of at least 4 members (excludes halogenated alkanes) is 21. The largest absolute Gasteiger partial charge is 0.756 e. The van der Waals surface area contributed by atoms with Gasteiger partial charge in [0.15, 0.2) is 0 Å². The van der Waals surface area contributed by atoms with Gasteiger partial charge in [-0.1, -0.05) is 239 Å². The van der Waals surface area contributed by atoms with E-state index in [0.29, 0.717) is 23.9 Å². The van der Waals surface area contributed by atoms with Crippen molar-refractivity contribution in [2.45, 2.75) is 231 Å². The number of quaternary nitrogens is 1. The van der Waals surface area contributed by atoms with Crippen LogP contribution in [-0.4, -0.2) is 68.5 Å². The number of allylic oxidation sites excluding steroid dienone is 17. The summed E-state index contributed by atoms with van der Waals surface area (Å²) in [6.07, 6.45) is 74.8. The van der Waals surface area contributed by atoms with E-state index in [1.54, 1.807) is 6.08 Å². The molecule has 0 aromatic rings. The van der Waals surface area contributed by atoms with Gasteiger partial charge in [0.1, 0.15) is 13.2 Å². The maximum atomic E-state index is 12.9. The highest BCUT2D eigenvalue weighted by Gasteiger charge is 2.23. The third kappa shape index (κ3) is 53.0. The highest BCUT2D eigenvalue weighted by Crippen LogP contribution is 2.38. The second kappa shape index (κ2) is 51.1. The summed E-state index contributed by atoms with van der Waals surface area (Å²) < 4.78 is 23.2. The van der Waals surface area contributed by atoms with Crippen LogP contribution in [0.25, 0.3) is 0 Å². The molecular weight excluding hydrogens is 888 g/mol. The molecule has 3 unspecified atom stereocenters. The van der Waals surface area contributed by atoms with Crippen LogP contribution in [0.2, 0.25) is 0 Å². The third-order valence-electron chi connectivity index (χ3n) is 12.0. The number of hydrogen-bond donors (Lipinski definition) is 2. The topological polar surface area (TPSA) is 108 Å². The average molecular weight is 996 g/mol. The molecule has 2 N–H and O–H groups in total. The molecule has 0 bridgehead atoms. The molecular formula is C61H107N2O6P. The molecule has 0 radical (unpaired) electrons. The van der Waals surface area contributed by atoms with Crippen LogP contribution in [0.1, 0.15) is 219 Å². The van der Waals surface area contributed by atoms with E-state index in [0.717, 1.165) is 57.8 Å². The number of carbonyl (C=O) groups is 1. The van der Waals surface area contributed by atoms with Crippen LogP contribution in [0.4, 0.5) is 0 Å². The first-order valence-electron chi connectivity index (χ1n) is 28.2. The minimum absolute atomic E-state index is 0.0286. The van der Waals surface area contributed by atoms with Gasteiger partial charge in [0.05, 0.1) is 39.9 Å². The first kappa shape index (κ1) is 67.2. The van der Waals surface area contributed by atoms with Gasteiger partial charge in [-0.15, -0.1) is 0 Å². The van der Waals surface area contributed by atoms with Gasteiger partial charge >= 0.3 is 0 Å². The minimum Gasteiger partial charge on any atom is -0.756 e. The Morgan fingerprint density at radius 1 is 0.514 bits per heavy atom. The maximum Gasteiger partial charge on any atom is 0.268 e. The zero-order valence-electron chi connectivity index (χ0n) is 45.7. The highest BCUT2D eigenvalue weighted by molar-refractivity contribution is 7.45. The Balaban J connectivity index is 4.38. The van der Waals surface area contributed by atoms with Gasteiger partial charge in [0.2, 0.25) is 5.91 Å². The van der Waals surface area contributed by atoms with Crippen molar-refractivity contribution in [1.82, 2.24) is 5.32 Å². The van der Waals surface area contributed by atoms with Crippen molar-refractivity contribution in [2.24, 2.45) is 0 Å². The number of nitrogens with zero attached hydrogens (tertiary/aromatic N) is 1. The van der Waals surface area contributed by atoms with Gasteiger partial charge in [0, 0.05) is 6.42 Å². The number of carbonyl (C=O) groups excluding carboxylic acids is 1. The summed E-state index contributed by atoms with van der Waals surface area (Å²) in [6, 6.07) is -0.959. The van der Waals surface area contributed by atoms with Crippen molar-refractivity contribution in [3.63, 3.8) is 0 Å². The van der Waals surface area contributed by atoms with Gasteiger partial charge in [-0.3, -0.25) is 9.36 Å². The summed E-state index contributed by atoms with van der Waals surface area (Å²) in [5.74, 6) is -0.296. The van der Waals surface area contributed by atoms with Crippen LogP contribution >= 0.6 is 7.82 Å². The lowest BCUT2D eigenvalue weighted by atomic mass is 10.0. The van der Waals surface area contributed by atoms with Gasteiger partial charge in [-0.25, -0.2) is 0 Å². The molecule has 0 rings (SSSR count). The maximum absolute atomic E-state index is 12.9. The number of phosphoric acid groups is 1. The molecule has 0 aromatic heterocycles. The van der Waals surface area contributed by atoms with Gasteiger partial charge in [-0.2, -0.15) is 0 Å². The number of nitrogens with one attached hydrogen (secondary N) is 1. The number of amides is 1. The molecule has 8 nitrogen and oxygen atoms in total. The molecule has 0 fully saturated rings. The summed E-state index contributed by atoms with van der Waals surface area (Å²) in [5, 5.41) is 13.8. The zero-order chi connectivity index (χ0) is 51.3. The summed E-state index contributed by atoms with van der Waals surface area (Å²) >= 11 is 0. The molecule has 0 aliphatic carbocycles. The Morgan fingerprint density at radius 3 is 1.31 bits per heavy atom. The molecule has 0 saturated heterocycles. The van der Waals surface area contributed by atoms with E-state index >= 15 is 0 Å². The molecule has 0 aromatic carbocycles. The molecule has 0 heterocycles. The smallest absolute Gasteiger partial charge is 0.268 e. The van der Waals surface area contributed by atoms with E-state index in [2.05, 4.69) is 104 Å². The van der Waals surface area contributed by atoms with Crippen LogP contribution in [0.3, 0.4) is 0 Å². The van der Waals surface area contributed by atoms with E-state index in [1.165, 1.54) is 128 Å². The molecule has 0 saturated carbocycles. The Morgan fingerprint density at radius 2 is 0.886 bits per heavy atom. The number of aliphatic hydroxyl groups excluding tert-OH is 1. The van der Waals surface area contributed by atoms with E-state index < -0.39 is 26.6 Å². The molecule has 70 heavy (non-hydrogen) atoms. The van der Waals surface area contributed by atoms with Crippen LogP contribution < -0.4 is 10.2 Å². The van der Waals surface area contributed by atoms with E-state index in [1.807, 2.05) is 39.4 Å². The van der Waals surface area contributed by atoms with Gasteiger partial charge in [-0.05, 0) is 83.5 Å². The highest BCUT2D eigenvalue weighted by atomic mass is 31.2. The van der Waals surface area contributed by atoms with Crippen molar-refractivity contribution < 1.29 is 32.9 Å². The standard InChI is InChI=1S/C61H107N2O6P/c1-6-8-10-12-14-16-18-20-22-24-26-27-28-29-30-31-32-33-34-35-37-38-40-42-44-46-48-50-52-54-60(64)59(58-69-70(66,67)68-57-56-63(3,4)5)62-61(65)55-53-51-49-47-45-43-41-39-36-25-23-21-19-17-15-13-11-9-7-2/h9,11,15,17,21,23,36-39,43-46,49,51-52,54,59-60,64H,6-8,10,12-14,16,18-20,22,24-35,40-42,47-48,50,53,55-58H2,1-5H3,(H-,62,65,66,67)/b11-9-,17-15-,23-21-,38-37+,39-36-,45-43-,46-44+,51-49-,54-52+. The fraction of sp³-hybridized carbons (Fsp3) is 0.689. The van der Waals surface area contributed by atoms with Crippen molar-refractivity contribution in [2.75, 3.05) is 40.9 Å². The molecule has 1 amide bonds.